The summed E-state index contributed by atoms with van der Waals surface area (Å²) in [5, 5.41) is -0.444. The molecule has 228 valence electrons. The summed E-state index contributed by atoms with van der Waals surface area (Å²) >= 11 is 6.26. The Balaban J connectivity index is 1.50. The zero-order valence-corrected chi connectivity index (χ0v) is 26.2. The van der Waals surface area contributed by atoms with Crippen molar-refractivity contribution in [3.05, 3.63) is 47.3 Å². The molecule has 3 aliphatic heterocycles. The molecule has 5 rings (SSSR count). The first kappa shape index (κ1) is 30.7. The van der Waals surface area contributed by atoms with Crippen LogP contribution in [0.5, 0.6) is 0 Å². The SMILES string of the molecule is CC1C=C(c2ccc3c(c2)C(=O)N2CCN(CCC(C)(C)C)CC2C(=O)N3CC(=O)N2CCN(C)CC2)C(F)=CC1Cl. The molecular weight excluding hydrogens is 557 g/mol. The number of amides is 3. The maximum atomic E-state index is 15.1. The molecular formula is C32H43ClFN5O3. The predicted molar refractivity (Wildman–Crippen MR) is 164 cm³/mol. The van der Waals surface area contributed by atoms with Gasteiger partial charge in [-0.15, -0.1) is 11.6 Å². The molecule has 10 heteroatoms. The average Bonchev–Trinajstić information content (AvgIpc) is 3.03. The van der Waals surface area contributed by atoms with Gasteiger partial charge in [-0.25, -0.2) is 4.39 Å². The third-order valence-corrected chi connectivity index (χ3v) is 9.45. The standard InChI is InChI=1S/C32H43ClFN5O3/c1-21-16-23(26(34)18-25(21)33)22-6-7-27-24(17-22)30(41)38-15-12-36(9-8-32(2,3)4)19-28(38)31(42)39(27)20-29(40)37-13-10-35(5)11-14-37/h6-7,16-18,21,25,28H,8-15,19-20H2,1-5H3. The van der Waals surface area contributed by atoms with Crippen LogP contribution in [0.1, 0.15) is 50.0 Å². The van der Waals surface area contributed by atoms with E-state index in [0.29, 0.717) is 55.1 Å². The van der Waals surface area contributed by atoms with Crippen molar-refractivity contribution in [2.24, 2.45) is 11.3 Å². The van der Waals surface area contributed by atoms with Crippen molar-refractivity contribution < 1.29 is 18.8 Å². The van der Waals surface area contributed by atoms with Gasteiger partial charge in [-0.2, -0.15) is 0 Å². The number of allylic oxidation sites excluding steroid dienone is 4. The Kier molecular flexibility index (Phi) is 8.84. The fourth-order valence-electron chi connectivity index (χ4n) is 6.06. The highest BCUT2D eigenvalue weighted by Crippen LogP contribution is 2.37. The van der Waals surface area contributed by atoms with Crippen molar-refractivity contribution >= 4 is 40.6 Å². The second-order valence-electron chi connectivity index (χ2n) is 13.4. The van der Waals surface area contributed by atoms with Crippen molar-refractivity contribution in [1.29, 1.82) is 0 Å². The number of alkyl halides is 1. The minimum Gasteiger partial charge on any atom is -0.339 e. The van der Waals surface area contributed by atoms with Gasteiger partial charge in [0.15, 0.2) is 0 Å². The van der Waals surface area contributed by atoms with Gasteiger partial charge in [0.25, 0.3) is 11.8 Å². The van der Waals surface area contributed by atoms with Crippen molar-refractivity contribution in [1.82, 2.24) is 19.6 Å². The van der Waals surface area contributed by atoms with Crippen LogP contribution in [0.3, 0.4) is 0 Å². The lowest BCUT2D eigenvalue weighted by atomic mass is 9.91. The first-order valence-corrected chi connectivity index (χ1v) is 15.4. The largest absolute Gasteiger partial charge is 0.339 e. The fraction of sp³-hybridized carbons (Fsp3) is 0.594. The molecule has 0 saturated carbocycles. The number of halogens is 2. The van der Waals surface area contributed by atoms with Gasteiger partial charge in [0.1, 0.15) is 18.4 Å². The van der Waals surface area contributed by atoms with Crippen LogP contribution in [-0.4, -0.2) is 115 Å². The Morgan fingerprint density at radius 3 is 2.45 bits per heavy atom. The van der Waals surface area contributed by atoms with Crippen LogP contribution >= 0.6 is 11.6 Å². The molecule has 3 unspecified atom stereocenters. The summed E-state index contributed by atoms with van der Waals surface area (Å²) < 4.78 is 15.1. The van der Waals surface area contributed by atoms with E-state index in [1.165, 1.54) is 11.0 Å². The molecule has 4 aliphatic rings. The number of anilines is 1. The molecule has 0 aromatic heterocycles. The number of nitrogens with zero attached hydrogens (tertiary/aromatic N) is 5. The lowest BCUT2D eigenvalue weighted by Crippen LogP contribution is -2.60. The molecule has 1 aromatic rings. The molecule has 1 aromatic carbocycles. The summed E-state index contributed by atoms with van der Waals surface area (Å²) in [6, 6.07) is 4.39. The Labute approximate surface area is 253 Å². The minimum absolute atomic E-state index is 0.0829. The van der Waals surface area contributed by atoms with Crippen molar-refractivity contribution in [2.75, 3.05) is 70.9 Å². The van der Waals surface area contributed by atoms with Crippen molar-refractivity contribution in [3.8, 4) is 0 Å². The second kappa shape index (κ2) is 12.1. The maximum absolute atomic E-state index is 15.1. The van der Waals surface area contributed by atoms with Crippen LogP contribution in [-0.2, 0) is 9.59 Å². The van der Waals surface area contributed by atoms with E-state index in [9.17, 15) is 14.4 Å². The summed E-state index contributed by atoms with van der Waals surface area (Å²) in [5.41, 5.74) is 1.79. The van der Waals surface area contributed by atoms with Crippen LogP contribution in [0.15, 0.2) is 36.2 Å². The predicted octanol–water partition coefficient (Wildman–Crippen LogP) is 3.86. The highest BCUT2D eigenvalue weighted by molar-refractivity contribution is 6.22. The number of likely N-dealkylation sites (N-methyl/N-ethyl adjacent to an activating group) is 1. The highest BCUT2D eigenvalue weighted by Gasteiger charge is 2.43. The Morgan fingerprint density at radius 2 is 1.76 bits per heavy atom. The van der Waals surface area contributed by atoms with Gasteiger partial charge in [-0.05, 0) is 55.1 Å². The minimum atomic E-state index is -0.704. The van der Waals surface area contributed by atoms with E-state index in [-0.39, 0.29) is 35.6 Å². The van der Waals surface area contributed by atoms with E-state index >= 15 is 4.39 Å². The molecule has 3 atom stereocenters. The Morgan fingerprint density at radius 1 is 1.05 bits per heavy atom. The third-order valence-electron chi connectivity index (χ3n) is 8.93. The van der Waals surface area contributed by atoms with E-state index in [2.05, 4.69) is 30.6 Å². The first-order valence-electron chi connectivity index (χ1n) is 15.0. The van der Waals surface area contributed by atoms with Crippen LogP contribution in [0, 0.1) is 11.3 Å². The van der Waals surface area contributed by atoms with Gasteiger partial charge in [0.2, 0.25) is 5.91 Å². The summed E-state index contributed by atoms with van der Waals surface area (Å²) in [7, 11) is 2.02. The van der Waals surface area contributed by atoms with Crippen LogP contribution < -0.4 is 4.90 Å². The van der Waals surface area contributed by atoms with E-state index in [1.54, 1.807) is 34.1 Å². The number of hydrogen-bond donors (Lipinski definition) is 0. The molecule has 3 heterocycles. The number of benzene rings is 1. The molecule has 0 N–H and O–H groups in total. The molecule has 2 fully saturated rings. The molecule has 42 heavy (non-hydrogen) atoms. The lowest BCUT2D eigenvalue weighted by Gasteiger charge is -2.41. The van der Waals surface area contributed by atoms with Crippen molar-refractivity contribution in [3.63, 3.8) is 0 Å². The van der Waals surface area contributed by atoms with Gasteiger partial charge in [0, 0.05) is 51.4 Å². The van der Waals surface area contributed by atoms with Crippen LogP contribution in [0.4, 0.5) is 10.1 Å². The normalized spacial score (nSPS) is 26.0. The van der Waals surface area contributed by atoms with Crippen molar-refractivity contribution in [2.45, 2.75) is 45.5 Å². The van der Waals surface area contributed by atoms with E-state index in [4.69, 9.17) is 11.6 Å². The van der Waals surface area contributed by atoms with Crippen LogP contribution in [0.25, 0.3) is 5.57 Å². The number of piperazine rings is 2. The Bertz CT molecular complexity index is 1300. The molecule has 0 radical (unpaired) electrons. The quantitative estimate of drug-likeness (QED) is 0.481. The molecule has 0 bridgehead atoms. The maximum Gasteiger partial charge on any atom is 0.256 e. The first-order chi connectivity index (χ1) is 19.8. The average molecular weight is 600 g/mol. The summed E-state index contributed by atoms with van der Waals surface area (Å²) in [6.45, 7) is 13.4. The second-order valence-corrected chi connectivity index (χ2v) is 13.9. The zero-order valence-electron chi connectivity index (χ0n) is 25.4. The molecule has 1 aliphatic carbocycles. The fourth-order valence-corrected chi connectivity index (χ4v) is 6.24. The summed E-state index contributed by atoms with van der Waals surface area (Å²) in [4.78, 5) is 51.2. The van der Waals surface area contributed by atoms with Gasteiger partial charge in [-0.1, -0.05) is 39.8 Å². The van der Waals surface area contributed by atoms with Crippen LogP contribution in [0.2, 0.25) is 0 Å². The summed E-state index contributed by atoms with van der Waals surface area (Å²) in [6.07, 6.45) is 4.14. The molecule has 3 amide bonds. The van der Waals surface area contributed by atoms with Gasteiger partial charge in [0.05, 0.1) is 16.6 Å². The van der Waals surface area contributed by atoms with Gasteiger partial charge < -0.3 is 19.6 Å². The molecule has 8 nitrogen and oxygen atoms in total. The van der Waals surface area contributed by atoms with E-state index < -0.39 is 17.2 Å². The monoisotopic (exact) mass is 599 g/mol. The summed E-state index contributed by atoms with van der Waals surface area (Å²) in [5.74, 6) is -1.17. The molecule has 2 saturated heterocycles. The highest BCUT2D eigenvalue weighted by atomic mass is 35.5. The zero-order chi connectivity index (χ0) is 30.3. The van der Waals surface area contributed by atoms with Gasteiger partial charge >= 0.3 is 0 Å². The number of carbonyl (C=O) groups excluding carboxylic acids is 3. The smallest absolute Gasteiger partial charge is 0.256 e. The Hall–Kier alpha value is -2.75. The number of hydrogen-bond acceptors (Lipinski definition) is 5. The van der Waals surface area contributed by atoms with E-state index in [0.717, 1.165) is 26.1 Å². The third kappa shape index (κ3) is 6.43. The van der Waals surface area contributed by atoms with E-state index in [1.807, 2.05) is 14.0 Å². The number of rotatable bonds is 5. The number of carbonyl (C=O) groups is 3. The van der Waals surface area contributed by atoms with Gasteiger partial charge in [-0.3, -0.25) is 19.3 Å². The lowest BCUT2D eigenvalue weighted by molar-refractivity contribution is -0.133. The molecule has 0 spiro atoms. The number of fused-ring (bicyclic) bond motifs is 2. The topological polar surface area (TPSA) is 67.4 Å².